The molecule has 1 aliphatic carbocycles. The Hall–Kier alpha value is -0.0800. The number of ether oxygens (including phenoxy) is 1. The first kappa shape index (κ1) is 10.0. The maximum atomic E-state index is 9.64. The van der Waals surface area contributed by atoms with Crippen LogP contribution in [0.25, 0.3) is 0 Å². The maximum Gasteiger partial charge on any atom is 0.0801 e. The molecule has 0 heterocycles. The Morgan fingerprint density at radius 1 is 1.33 bits per heavy atom. The van der Waals surface area contributed by atoms with Gasteiger partial charge < -0.3 is 9.84 Å². The van der Waals surface area contributed by atoms with Gasteiger partial charge >= 0.3 is 0 Å². The van der Waals surface area contributed by atoms with Crippen LogP contribution in [0.1, 0.15) is 32.6 Å². The summed E-state index contributed by atoms with van der Waals surface area (Å²) in [6, 6.07) is 0. The van der Waals surface area contributed by atoms with E-state index in [0.717, 1.165) is 5.92 Å². The minimum absolute atomic E-state index is 0.234. The molecule has 0 bridgehead atoms. The number of aliphatic hydroxyl groups is 1. The fourth-order valence-electron chi connectivity index (χ4n) is 1.98. The van der Waals surface area contributed by atoms with Crippen LogP contribution in [0.2, 0.25) is 0 Å². The summed E-state index contributed by atoms with van der Waals surface area (Å²) in [5, 5.41) is 9.64. The highest BCUT2D eigenvalue weighted by molar-refractivity contribution is 4.75. The number of rotatable bonds is 3. The van der Waals surface area contributed by atoms with Crippen molar-refractivity contribution >= 4 is 0 Å². The van der Waals surface area contributed by atoms with Crippen LogP contribution in [0.5, 0.6) is 0 Å². The van der Waals surface area contributed by atoms with Gasteiger partial charge in [0.05, 0.1) is 12.7 Å². The van der Waals surface area contributed by atoms with Gasteiger partial charge in [-0.15, -0.1) is 0 Å². The van der Waals surface area contributed by atoms with Crippen LogP contribution < -0.4 is 0 Å². The summed E-state index contributed by atoms with van der Waals surface area (Å²) < 4.78 is 4.93. The Morgan fingerprint density at radius 3 is 2.42 bits per heavy atom. The maximum absolute atomic E-state index is 9.64. The van der Waals surface area contributed by atoms with Crippen molar-refractivity contribution in [1.82, 2.24) is 0 Å². The lowest BCUT2D eigenvalue weighted by Gasteiger charge is -2.29. The van der Waals surface area contributed by atoms with Crippen molar-refractivity contribution in [3.05, 3.63) is 0 Å². The second-order valence-corrected chi connectivity index (χ2v) is 4.04. The normalized spacial score (nSPS) is 33.2. The molecule has 0 saturated heterocycles. The molecule has 0 aromatic carbocycles. The second kappa shape index (κ2) is 4.83. The van der Waals surface area contributed by atoms with Gasteiger partial charge in [0, 0.05) is 7.11 Å². The lowest BCUT2D eigenvalue weighted by atomic mass is 9.80. The van der Waals surface area contributed by atoms with Gasteiger partial charge in [0.2, 0.25) is 0 Å². The van der Waals surface area contributed by atoms with Crippen molar-refractivity contribution in [2.45, 2.75) is 38.7 Å². The Balaban J connectivity index is 2.24. The van der Waals surface area contributed by atoms with E-state index in [1.54, 1.807) is 7.11 Å². The predicted octanol–water partition coefficient (Wildman–Crippen LogP) is 1.82. The fourth-order valence-corrected chi connectivity index (χ4v) is 1.98. The Morgan fingerprint density at radius 2 is 1.92 bits per heavy atom. The molecule has 2 heteroatoms. The second-order valence-electron chi connectivity index (χ2n) is 4.04. The standard InChI is InChI=1S/C10H20O2/c1-8-3-5-9(6-4-8)10(11)7-12-2/h8-11H,3-7H2,1-2H3. The zero-order chi connectivity index (χ0) is 8.97. The summed E-state index contributed by atoms with van der Waals surface area (Å²) in [7, 11) is 1.65. The Kier molecular flexibility index (Phi) is 4.02. The summed E-state index contributed by atoms with van der Waals surface area (Å²) in [5.41, 5.74) is 0. The molecule has 0 spiro atoms. The molecule has 1 aliphatic rings. The van der Waals surface area contributed by atoms with Crippen LogP contribution in [0.3, 0.4) is 0 Å². The van der Waals surface area contributed by atoms with Crippen molar-refractivity contribution in [1.29, 1.82) is 0 Å². The van der Waals surface area contributed by atoms with Crippen molar-refractivity contribution in [3.63, 3.8) is 0 Å². The Bertz CT molecular complexity index is 117. The first-order chi connectivity index (χ1) is 5.74. The van der Waals surface area contributed by atoms with E-state index >= 15 is 0 Å². The molecule has 1 N–H and O–H groups in total. The third-order valence-electron chi connectivity index (χ3n) is 2.94. The Labute approximate surface area is 74.9 Å². The number of hydrogen-bond donors (Lipinski definition) is 1. The van der Waals surface area contributed by atoms with Crippen molar-refractivity contribution in [3.8, 4) is 0 Å². The molecule has 12 heavy (non-hydrogen) atoms. The topological polar surface area (TPSA) is 29.5 Å². The molecule has 72 valence electrons. The molecule has 0 aliphatic heterocycles. The largest absolute Gasteiger partial charge is 0.390 e. The monoisotopic (exact) mass is 172 g/mol. The van der Waals surface area contributed by atoms with Gasteiger partial charge in [0.25, 0.3) is 0 Å². The van der Waals surface area contributed by atoms with Crippen LogP contribution >= 0.6 is 0 Å². The van der Waals surface area contributed by atoms with E-state index < -0.39 is 0 Å². The van der Waals surface area contributed by atoms with E-state index in [-0.39, 0.29) is 6.10 Å². The summed E-state index contributed by atoms with van der Waals surface area (Å²) in [6.45, 7) is 2.79. The summed E-state index contributed by atoms with van der Waals surface area (Å²) in [6.07, 6.45) is 4.65. The van der Waals surface area contributed by atoms with E-state index in [1.807, 2.05) is 0 Å². The molecule has 0 amide bonds. The number of hydrogen-bond acceptors (Lipinski definition) is 2. The van der Waals surface area contributed by atoms with E-state index in [2.05, 4.69) is 6.92 Å². The summed E-state index contributed by atoms with van der Waals surface area (Å²) in [4.78, 5) is 0. The summed E-state index contributed by atoms with van der Waals surface area (Å²) in [5.74, 6) is 1.34. The van der Waals surface area contributed by atoms with Crippen LogP contribution in [0.4, 0.5) is 0 Å². The first-order valence-electron chi connectivity index (χ1n) is 4.91. The SMILES string of the molecule is COCC(O)C1CCC(C)CC1. The van der Waals surface area contributed by atoms with E-state index in [1.165, 1.54) is 25.7 Å². The first-order valence-corrected chi connectivity index (χ1v) is 4.91. The van der Waals surface area contributed by atoms with Gasteiger partial charge in [-0.3, -0.25) is 0 Å². The van der Waals surface area contributed by atoms with Gasteiger partial charge in [-0.1, -0.05) is 19.8 Å². The lowest BCUT2D eigenvalue weighted by Crippen LogP contribution is -2.28. The van der Waals surface area contributed by atoms with Gasteiger partial charge in [-0.2, -0.15) is 0 Å². The highest BCUT2D eigenvalue weighted by atomic mass is 16.5. The smallest absolute Gasteiger partial charge is 0.0801 e. The minimum atomic E-state index is -0.234. The zero-order valence-electron chi connectivity index (χ0n) is 8.12. The fraction of sp³-hybridized carbons (Fsp3) is 1.00. The van der Waals surface area contributed by atoms with Crippen LogP contribution in [-0.2, 0) is 4.74 Å². The van der Waals surface area contributed by atoms with Crippen molar-refractivity contribution in [2.75, 3.05) is 13.7 Å². The molecule has 1 fully saturated rings. The van der Waals surface area contributed by atoms with Crippen molar-refractivity contribution in [2.24, 2.45) is 11.8 Å². The molecule has 0 aromatic rings. The van der Waals surface area contributed by atoms with Crippen LogP contribution in [0.15, 0.2) is 0 Å². The van der Waals surface area contributed by atoms with E-state index in [9.17, 15) is 5.11 Å². The third-order valence-corrected chi connectivity index (χ3v) is 2.94. The molecule has 0 radical (unpaired) electrons. The number of methoxy groups -OCH3 is 1. The lowest BCUT2D eigenvalue weighted by molar-refractivity contribution is 0.00921. The predicted molar refractivity (Wildman–Crippen MR) is 49.0 cm³/mol. The molecule has 1 rings (SSSR count). The van der Waals surface area contributed by atoms with Gasteiger partial charge in [-0.05, 0) is 24.7 Å². The quantitative estimate of drug-likeness (QED) is 0.703. The van der Waals surface area contributed by atoms with Gasteiger partial charge in [0.15, 0.2) is 0 Å². The third kappa shape index (κ3) is 2.76. The minimum Gasteiger partial charge on any atom is -0.390 e. The van der Waals surface area contributed by atoms with E-state index in [0.29, 0.717) is 12.5 Å². The average Bonchev–Trinajstić information content (AvgIpc) is 2.06. The molecule has 1 unspecified atom stereocenters. The molecule has 1 atom stereocenters. The molecular formula is C10H20O2. The average molecular weight is 172 g/mol. The van der Waals surface area contributed by atoms with Crippen LogP contribution in [-0.4, -0.2) is 24.9 Å². The molecular weight excluding hydrogens is 152 g/mol. The molecule has 2 nitrogen and oxygen atoms in total. The summed E-state index contributed by atoms with van der Waals surface area (Å²) >= 11 is 0. The molecule has 1 saturated carbocycles. The number of aliphatic hydroxyl groups excluding tert-OH is 1. The van der Waals surface area contributed by atoms with E-state index in [4.69, 9.17) is 4.74 Å². The van der Waals surface area contributed by atoms with Gasteiger partial charge in [0.1, 0.15) is 0 Å². The molecule has 0 aromatic heterocycles. The van der Waals surface area contributed by atoms with Gasteiger partial charge in [-0.25, -0.2) is 0 Å². The van der Waals surface area contributed by atoms with Crippen molar-refractivity contribution < 1.29 is 9.84 Å². The zero-order valence-corrected chi connectivity index (χ0v) is 8.12. The highest BCUT2D eigenvalue weighted by Gasteiger charge is 2.24. The highest BCUT2D eigenvalue weighted by Crippen LogP contribution is 2.30. The van der Waals surface area contributed by atoms with Crippen LogP contribution in [0, 0.1) is 11.8 Å².